The molecule has 0 bridgehead atoms. The fourth-order valence-electron chi connectivity index (χ4n) is 1.44. The molecule has 0 atom stereocenters. The van der Waals surface area contributed by atoms with E-state index in [4.69, 9.17) is 5.84 Å². The number of pyridine rings is 1. The lowest BCUT2D eigenvalue weighted by Crippen LogP contribution is -2.43. The predicted molar refractivity (Wildman–Crippen MR) is 56.2 cm³/mol. The van der Waals surface area contributed by atoms with Gasteiger partial charge in [0, 0.05) is 12.4 Å². The monoisotopic (exact) mass is 280 g/mol. The number of sulfonamides is 1. The number of fused-ring (bicyclic) bond motifs is 1. The molecule has 2 rings (SSSR count). The molecule has 0 fully saturated rings. The molecule has 1 aliphatic heterocycles. The van der Waals surface area contributed by atoms with Crippen LogP contribution < -0.4 is 10.9 Å². The Morgan fingerprint density at radius 2 is 2.06 bits per heavy atom. The summed E-state index contributed by atoms with van der Waals surface area (Å²) in [5, 5.41) is 0.603. The van der Waals surface area contributed by atoms with Crippen LogP contribution in [0.3, 0.4) is 0 Å². The van der Waals surface area contributed by atoms with Crippen LogP contribution >= 0.6 is 0 Å². The highest BCUT2D eigenvalue weighted by Crippen LogP contribution is 2.31. The van der Waals surface area contributed by atoms with Gasteiger partial charge in [0.2, 0.25) is 0 Å². The van der Waals surface area contributed by atoms with E-state index < -0.39 is 28.5 Å². The van der Waals surface area contributed by atoms with Gasteiger partial charge >= 0.3 is 6.18 Å². The van der Waals surface area contributed by atoms with Gasteiger partial charge in [0.15, 0.2) is 0 Å². The highest BCUT2D eigenvalue weighted by Gasteiger charge is 2.37. The Hall–Kier alpha value is -1.68. The number of hydrogen-bond acceptors (Lipinski definition) is 5. The smallest absolute Gasteiger partial charge is 0.263 e. The minimum Gasteiger partial charge on any atom is -0.263 e. The number of aromatic nitrogens is 1. The fourth-order valence-corrected chi connectivity index (χ4v) is 2.59. The van der Waals surface area contributed by atoms with Crippen LogP contribution in [0, 0.1) is 0 Å². The van der Waals surface area contributed by atoms with E-state index in [2.05, 4.69) is 9.38 Å². The minimum atomic E-state index is -4.60. The highest BCUT2D eigenvalue weighted by atomic mass is 32.2. The van der Waals surface area contributed by atoms with Crippen LogP contribution in [-0.2, 0) is 10.0 Å². The van der Waals surface area contributed by atoms with Gasteiger partial charge in [0.05, 0.1) is 5.69 Å². The lowest BCUT2D eigenvalue weighted by atomic mass is 10.3. The number of anilines is 1. The number of halogens is 3. The largest absolute Gasteiger partial charge is 0.396 e. The van der Waals surface area contributed by atoms with Gasteiger partial charge in [-0.1, -0.05) is 0 Å². The zero-order chi connectivity index (χ0) is 13.6. The van der Waals surface area contributed by atoms with Crippen molar-refractivity contribution in [1.29, 1.82) is 0 Å². The van der Waals surface area contributed by atoms with Crippen molar-refractivity contribution in [3.63, 3.8) is 0 Å². The molecule has 0 aromatic carbocycles. The predicted octanol–water partition coefficient (Wildman–Crippen LogP) is 0.815. The van der Waals surface area contributed by atoms with Crippen molar-refractivity contribution in [2.24, 2.45) is 10.2 Å². The SMILES string of the molecule is NN1C(CC(F)(F)F)=NS(=O)(=O)c2cnccc21. The number of rotatable bonds is 1. The van der Waals surface area contributed by atoms with Gasteiger partial charge in [-0.2, -0.15) is 21.6 Å². The Labute approximate surface area is 100.0 Å². The van der Waals surface area contributed by atoms with Gasteiger partial charge in [-0.25, -0.2) is 5.84 Å². The van der Waals surface area contributed by atoms with Crippen molar-refractivity contribution in [2.75, 3.05) is 5.01 Å². The van der Waals surface area contributed by atoms with Crippen LogP contribution in [0.5, 0.6) is 0 Å². The molecule has 2 heterocycles. The van der Waals surface area contributed by atoms with Crippen molar-refractivity contribution >= 4 is 21.5 Å². The molecule has 0 unspecified atom stereocenters. The van der Waals surface area contributed by atoms with Crippen LogP contribution in [0.2, 0.25) is 0 Å². The Balaban J connectivity index is 2.53. The molecule has 2 N–H and O–H groups in total. The summed E-state index contributed by atoms with van der Waals surface area (Å²) in [4.78, 5) is 3.25. The summed E-state index contributed by atoms with van der Waals surface area (Å²) in [6.45, 7) is 0. The second-order valence-electron chi connectivity index (χ2n) is 3.49. The molecule has 0 radical (unpaired) electrons. The Morgan fingerprint density at radius 1 is 1.39 bits per heavy atom. The van der Waals surface area contributed by atoms with Gasteiger partial charge in [0.1, 0.15) is 17.2 Å². The molecular formula is C8H7F3N4O2S. The molecule has 98 valence electrons. The van der Waals surface area contributed by atoms with Crippen LogP contribution in [-0.4, -0.2) is 25.4 Å². The molecular weight excluding hydrogens is 273 g/mol. The van der Waals surface area contributed by atoms with Gasteiger partial charge in [-0.15, -0.1) is 4.40 Å². The summed E-state index contributed by atoms with van der Waals surface area (Å²) in [6.07, 6.45) is -3.91. The second kappa shape index (κ2) is 3.92. The third-order valence-electron chi connectivity index (χ3n) is 2.16. The molecule has 0 amide bonds. The Bertz CT molecular complexity index is 611. The standard InChI is InChI=1S/C8H7F3N4O2S/c9-8(10,11)3-7-14-18(16,17)6-4-13-2-1-5(6)15(7)12/h1-2,4H,3,12H2. The van der Waals surface area contributed by atoms with E-state index in [1.807, 2.05) is 0 Å². The van der Waals surface area contributed by atoms with Gasteiger partial charge in [-0.3, -0.25) is 9.99 Å². The maximum Gasteiger partial charge on any atom is 0.396 e. The first kappa shape index (κ1) is 12.8. The molecule has 0 saturated heterocycles. The van der Waals surface area contributed by atoms with Crippen molar-refractivity contribution in [2.45, 2.75) is 17.5 Å². The van der Waals surface area contributed by atoms with Crippen molar-refractivity contribution < 1.29 is 21.6 Å². The highest BCUT2D eigenvalue weighted by molar-refractivity contribution is 7.90. The van der Waals surface area contributed by atoms with Crippen LogP contribution in [0.25, 0.3) is 0 Å². The van der Waals surface area contributed by atoms with E-state index in [1.54, 1.807) is 0 Å². The van der Waals surface area contributed by atoms with Crippen molar-refractivity contribution in [3.8, 4) is 0 Å². The molecule has 18 heavy (non-hydrogen) atoms. The minimum absolute atomic E-state index is 0.0840. The van der Waals surface area contributed by atoms with E-state index in [-0.39, 0.29) is 10.6 Å². The zero-order valence-electron chi connectivity index (χ0n) is 8.72. The number of nitrogens with zero attached hydrogens (tertiary/aromatic N) is 3. The molecule has 0 spiro atoms. The van der Waals surface area contributed by atoms with E-state index in [0.717, 1.165) is 6.20 Å². The third kappa shape index (κ3) is 2.29. The number of alkyl halides is 3. The number of hydrogen-bond donors (Lipinski definition) is 1. The number of nitrogens with two attached hydrogens (primary N) is 1. The van der Waals surface area contributed by atoms with E-state index in [9.17, 15) is 21.6 Å². The Kier molecular flexibility index (Phi) is 2.78. The summed E-state index contributed by atoms with van der Waals surface area (Å²) in [6, 6.07) is 1.21. The topological polar surface area (TPSA) is 88.6 Å². The molecule has 1 aromatic heterocycles. The summed E-state index contributed by atoms with van der Waals surface area (Å²) < 4.78 is 63.1. The summed E-state index contributed by atoms with van der Waals surface area (Å²) in [5.74, 6) is 4.65. The average molecular weight is 280 g/mol. The quantitative estimate of drug-likeness (QED) is 0.769. The number of hydrazine groups is 1. The maximum absolute atomic E-state index is 12.3. The summed E-state index contributed by atoms with van der Waals surface area (Å²) >= 11 is 0. The first-order valence-corrected chi connectivity index (χ1v) is 6.04. The lowest BCUT2D eigenvalue weighted by Gasteiger charge is -2.26. The Morgan fingerprint density at radius 3 is 2.67 bits per heavy atom. The normalized spacial score (nSPS) is 18.2. The van der Waals surface area contributed by atoms with E-state index in [1.165, 1.54) is 12.3 Å². The molecule has 0 aliphatic carbocycles. The van der Waals surface area contributed by atoms with Crippen molar-refractivity contribution in [3.05, 3.63) is 18.5 Å². The molecule has 10 heteroatoms. The second-order valence-corrected chi connectivity index (χ2v) is 5.06. The van der Waals surface area contributed by atoms with Crippen LogP contribution in [0.4, 0.5) is 18.9 Å². The first-order chi connectivity index (χ1) is 8.21. The summed E-state index contributed by atoms with van der Waals surface area (Å²) in [5.41, 5.74) is -0.0840. The lowest BCUT2D eigenvalue weighted by molar-refractivity contribution is -0.121. The molecule has 1 aromatic rings. The fraction of sp³-hybridized carbons (Fsp3) is 0.250. The van der Waals surface area contributed by atoms with Gasteiger partial charge < -0.3 is 0 Å². The first-order valence-electron chi connectivity index (χ1n) is 4.60. The third-order valence-corrected chi connectivity index (χ3v) is 3.48. The van der Waals surface area contributed by atoms with E-state index in [0.29, 0.717) is 5.01 Å². The van der Waals surface area contributed by atoms with Crippen molar-refractivity contribution in [1.82, 2.24) is 4.98 Å². The van der Waals surface area contributed by atoms with Crippen LogP contribution in [0.1, 0.15) is 6.42 Å². The summed E-state index contributed by atoms with van der Waals surface area (Å²) in [7, 11) is -4.19. The maximum atomic E-state index is 12.3. The number of amidine groups is 1. The van der Waals surface area contributed by atoms with E-state index >= 15 is 0 Å². The molecule has 6 nitrogen and oxygen atoms in total. The zero-order valence-corrected chi connectivity index (χ0v) is 9.53. The molecule has 1 aliphatic rings. The van der Waals surface area contributed by atoms with Crippen LogP contribution in [0.15, 0.2) is 27.8 Å². The van der Waals surface area contributed by atoms with Gasteiger partial charge in [0.25, 0.3) is 10.0 Å². The average Bonchev–Trinajstić information content (AvgIpc) is 2.23. The van der Waals surface area contributed by atoms with Gasteiger partial charge in [-0.05, 0) is 6.07 Å². The molecule has 0 saturated carbocycles.